The van der Waals surface area contributed by atoms with E-state index in [1.54, 1.807) is 0 Å². The summed E-state index contributed by atoms with van der Waals surface area (Å²) in [4.78, 5) is 36.2. The molecule has 2 amide bonds. The minimum atomic E-state index is -0.766. The van der Waals surface area contributed by atoms with Crippen molar-refractivity contribution in [2.45, 2.75) is 57.5 Å². The van der Waals surface area contributed by atoms with Crippen LogP contribution in [0.5, 0.6) is 0 Å². The van der Waals surface area contributed by atoms with Gasteiger partial charge in [0.05, 0.1) is 18.4 Å². The van der Waals surface area contributed by atoms with Crippen LogP contribution in [0.1, 0.15) is 45.4 Å². The zero-order chi connectivity index (χ0) is 14.7. The molecular weight excluding hydrogens is 260 g/mol. The molecule has 1 aliphatic heterocycles. The van der Waals surface area contributed by atoms with Crippen molar-refractivity contribution in [2.24, 2.45) is 5.92 Å². The summed E-state index contributed by atoms with van der Waals surface area (Å²) in [6.07, 6.45) is 3.92. The molecule has 0 aromatic heterocycles. The highest BCUT2D eigenvalue weighted by Gasteiger charge is 2.39. The predicted octanol–water partition coefficient (Wildman–Crippen LogP) is 0.757. The Labute approximate surface area is 118 Å². The van der Waals surface area contributed by atoms with E-state index < -0.39 is 12.0 Å². The number of carboxylic acids is 1. The number of imide groups is 1. The number of amides is 2. The molecule has 2 aliphatic rings. The van der Waals surface area contributed by atoms with Crippen LogP contribution in [-0.2, 0) is 14.4 Å². The minimum absolute atomic E-state index is 0.0215. The van der Waals surface area contributed by atoms with Crippen molar-refractivity contribution in [2.75, 3.05) is 6.54 Å². The van der Waals surface area contributed by atoms with Crippen molar-refractivity contribution >= 4 is 17.8 Å². The average molecular weight is 282 g/mol. The molecule has 0 spiro atoms. The van der Waals surface area contributed by atoms with Gasteiger partial charge in [-0.05, 0) is 25.7 Å². The van der Waals surface area contributed by atoms with Crippen molar-refractivity contribution in [3.8, 4) is 0 Å². The first-order chi connectivity index (χ1) is 9.52. The van der Waals surface area contributed by atoms with Gasteiger partial charge in [0.25, 0.3) is 0 Å². The van der Waals surface area contributed by atoms with Crippen LogP contribution in [-0.4, -0.2) is 46.4 Å². The number of hydrogen-bond donors (Lipinski definition) is 2. The fourth-order valence-corrected chi connectivity index (χ4v) is 3.12. The molecule has 6 heteroatoms. The Kier molecular flexibility index (Phi) is 4.75. The zero-order valence-electron chi connectivity index (χ0n) is 11.8. The predicted molar refractivity (Wildman–Crippen MR) is 71.9 cm³/mol. The second kappa shape index (κ2) is 6.35. The molecule has 1 heterocycles. The molecule has 1 aliphatic carbocycles. The Morgan fingerprint density at radius 3 is 2.80 bits per heavy atom. The standard InChI is InChI=1S/C14H22N2O4/c1-2-6-16-12(17)8-11(13(16)18)15-10-5-3-4-9(7-10)14(19)20/h9-11,15H,2-8H2,1H3,(H,19,20). The maximum atomic E-state index is 12.1. The second-order valence-corrected chi connectivity index (χ2v) is 5.71. The smallest absolute Gasteiger partial charge is 0.306 e. The van der Waals surface area contributed by atoms with Crippen LogP contribution in [0.15, 0.2) is 0 Å². The molecule has 2 N–H and O–H groups in total. The molecular formula is C14H22N2O4. The Morgan fingerprint density at radius 2 is 2.15 bits per heavy atom. The van der Waals surface area contributed by atoms with E-state index >= 15 is 0 Å². The monoisotopic (exact) mass is 282 g/mol. The third-order valence-electron chi connectivity index (χ3n) is 4.15. The van der Waals surface area contributed by atoms with Crippen molar-refractivity contribution in [1.29, 1.82) is 0 Å². The van der Waals surface area contributed by atoms with Crippen molar-refractivity contribution < 1.29 is 19.5 Å². The number of rotatable bonds is 5. The highest BCUT2D eigenvalue weighted by Crippen LogP contribution is 2.26. The van der Waals surface area contributed by atoms with E-state index in [1.807, 2.05) is 6.92 Å². The summed E-state index contributed by atoms with van der Waals surface area (Å²) in [5, 5.41) is 12.3. The molecule has 3 unspecified atom stereocenters. The number of hydrogen-bond acceptors (Lipinski definition) is 4. The van der Waals surface area contributed by atoms with Gasteiger partial charge in [-0.15, -0.1) is 0 Å². The quantitative estimate of drug-likeness (QED) is 0.727. The van der Waals surface area contributed by atoms with Gasteiger partial charge >= 0.3 is 5.97 Å². The van der Waals surface area contributed by atoms with Crippen LogP contribution < -0.4 is 5.32 Å². The lowest BCUT2D eigenvalue weighted by atomic mass is 9.85. The largest absolute Gasteiger partial charge is 0.481 e. The number of nitrogens with zero attached hydrogens (tertiary/aromatic N) is 1. The van der Waals surface area contributed by atoms with Gasteiger partial charge in [-0.3, -0.25) is 19.3 Å². The summed E-state index contributed by atoms with van der Waals surface area (Å²) in [6.45, 7) is 2.40. The second-order valence-electron chi connectivity index (χ2n) is 5.71. The highest BCUT2D eigenvalue weighted by molar-refractivity contribution is 6.05. The molecule has 0 bridgehead atoms. The molecule has 0 aromatic carbocycles. The number of aliphatic carboxylic acids is 1. The normalized spacial score (nSPS) is 30.9. The van der Waals surface area contributed by atoms with E-state index in [0.29, 0.717) is 19.4 Å². The van der Waals surface area contributed by atoms with E-state index in [4.69, 9.17) is 5.11 Å². The summed E-state index contributed by atoms with van der Waals surface area (Å²) in [6, 6.07) is -0.445. The Balaban J connectivity index is 1.92. The number of carbonyl (C=O) groups excluding carboxylic acids is 2. The highest BCUT2D eigenvalue weighted by atomic mass is 16.4. The van der Waals surface area contributed by atoms with Gasteiger partial charge in [-0.25, -0.2) is 0 Å². The summed E-state index contributed by atoms with van der Waals surface area (Å²) >= 11 is 0. The fraction of sp³-hybridized carbons (Fsp3) is 0.786. The molecule has 1 saturated heterocycles. The van der Waals surface area contributed by atoms with Gasteiger partial charge < -0.3 is 10.4 Å². The maximum absolute atomic E-state index is 12.1. The van der Waals surface area contributed by atoms with Crippen molar-refractivity contribution in [3.05, 3.63) is 0 Å². The first kappa shape index (κ1) is 15.0. The molecule has 0 radical (unpaired) electrons. The summed E-state index contributed by atoms with van der Waals surface area (Å²) in [5.74, 6) is -1.38. The lowest BCUT2D eigenvalue weighted by Crippen LogP contribution is -2.46. The van der Waals surface area contributed by atoms with Crippen LogP contribution in [0, 0.1) is 5.92 Å². The third-order valence-corrected chi connectivity index (χ3v) is 4.15. The summed E-state index contributed by atoms with van der Waals surface area (Å²) in [5.41, 5.74) is 0. The number of carbonyl (C=O) groups is 3. The molecule has 1 saturated carbocycles. The molecule has 2 fully saturated rings. The van der Waals surface area contributed by atoms with Gasteiger partial charge in [0.15, 0.2) is 0 Å². The SMILES string of the molecule is CCCN1C(=O)CC(NC2CCCC(C(=O)O)C2)C1=O. The fourth-order valence-electron chi connectivity index (χ4n) is 3.12. The Hall–Kier alpha value is -1.43. The topological polar surface area (TPSA) is 86.7 Å². The Bertz CT molecular complexity index is 410. The van der Waals surface area contributed by atoms with Gasteiger partial charge in [-0.2, -0.15) is 0 Å². The third kappa shape index (κ3) is 3.17. The lowest BCUT2D eigenvalue weighted by Gasteiger charge is -2.29. The van der Waals surface area contributed by atoms with Crippen LogP contribution >= 0.6 is 0 Å². The number of nitrogens with one attached hydrogen (secondary N) is 1. The molecule has 6 nitrogen and oxygen atoms in total. The van der Waals surface area contributed by atoms with E-state index in [-0.39, 0.29) is 30.2 Å². The van der Waals surface area contributed by atoms with Crippen LogP contribution in [0.3, 0.4) is 0 Å². The summed E-state index contributed by atoms with van der Waals surface area (Å²) < 4.78 is 0. The van der Waals surface area contributed by atoms with Crippen LogP contribution in [0.25, 0.3) is 0 Å². The van der Waals surface area contributed by atoms with Crippen LogP contribution in [0.4, 0.5) is 0 Å². The van der Waals surface area contributed by atoms with Crippen LogP contribution in [0.2, 0.25) is 0 Å². The molecule has 2 rings (SSSR count). The van der Waals surface area contributed by atoms with Crippen molar-refractivity contribution in [1.82, 2.24) is 10.2 Å². The van der Waals surface area contributed by atoms with Crippen molar-refractivity contribution in [3.63, 3.8) is 0 Å². The molecule has 20 heavy (non-hydrogen) atoms. The molecule has 112 valence electrons. The van der Waals surface area contributed by atoms with Gasteiger partial charge in [0, 0.05) is 12.6 Å². The van der Waals surface area contributed by atoms with E-state index in [0.717, 1.165) is 19.3 Å². The van der Waals surface area contributed by atoms with Gasteiger partial charge in [0.2, 0.25) is 11.8 Å². The first-order valence-corrected chi connectivity index (χ1v) is 7.36. The summed E-state index contributed by atoms with van der Waals surface area (Å²) in [7, 11) is 0. The van der Waals surface area contributed by atoms with E-state index in [1.165, 1.54) is 4.90 Å². The molecule has 0 aromatic rings. The van der Waals surface area contributed by atoms with E-state index in [9.17, 15) is 14.4 Å². The van der Waals surface area contributed by atoms with Gasteiger partial charge in [-0.1, -0.05) is 13.3 Å². The van der Waals surface area contributed by atoms with E-state index in [2.05, 4.69) is 5.32 Å². The van der Waals surface area contributed by atoms with Gasteiger partial charge in [0.1, 0.15) is 0 Å². The Morgan fingerprint density at radius 1 is 1.40 bits per heavy atom. The molecule has 3 atom stereocenters. The number of carboxylic acid groups (broad SMARTS) is 1. The first-order valence-electron chi connectivity index (χ1n) is 7.36. The zero-order valence-corrected chi connectivity index (χ0v) is 11.8. The number of likely N-dealkylation sites (tertiary alicyclic amines) is 1. The minimum Gasteiger partial charge on any atom is -0.481 e. The lowest BCUT2D eigenvalue weighted by molar-refractivity contribution is -0.143. The average Bonchev–Trinajstić information content (AvgIpc) is 2.67. The maximum Gasteiger partial charge on any atom is 0.306 e.